The van der Waals surface area contributed by atoms with E-state index in [0.29, 0.717) is 43.2 Å². The van der Waals surface area contributed by atoms with Crippen LogP contribution in [0.25, 0.3) is 22.6 Å². The molecule has 1 N–H and O–H groups in total. The summed E-state index contributed by atoms with van der Waals surface area (Å²) in [6.07, 6.45) is 1.15. The molecule has 2 aromatic carbocycles. The third-order valence-electron chi connectivity index (χ3n) is 6.54. The minimum Gasteiger partial charge on any atom is -0.408 e. The average molecular weight is 497 g/mol. The number of fused-ring (bicyclic) bond motifs is 1. The molecule has 1 amide bonds. The van der Waals surface area contributed by atoms with Crippen LogP contribution in [0, 0.1) is 0 Å². The summed E-state index contributed by atoms with van der Waals surface area (Å²) in [5, 5.41) is 4.18. The number of rotatable bonds is 6. The fraction of sp³-hybridized carbons (Fsp3) is 0.333. The lowest BCUT2D eigenvalue weighted by molar-refractivity contribution is -0.132. The van der Waals surface area contributed by atoms with Gasteiger partial charge in [0.15, 0.2) is 21.2 Å². The van der Waals surface area contributed by atoms with Gasteiger partial charge in [0.1, 0.15) is 0 Å². The van der Waals surface area contributed by atoms with Crippen LogP contribution >= 0.6 is 0 Å². The van der Waals surface area contributed by atoms with Gasteiger partial charge in [-0.05, 0) is 37.1 Å². The molecule has 0 bridgehead atoms. The van der Waals surface area contributed by atoms with Gasteiger partial charge in [0.05, 0.1) is 16.2 Å². The first-order valence-electron chi connectivity index (χ1n) is 11.3. The smallest absolute Gasteiger partial charge is 0.408 e. The summed E-state index contributed by atoms with van der Waals surface area (Å²) in [7, 11) is -3.72. The van der Waals surface area contributed by atoms with Crippen molar-refractivity contribution in [2.75, 3.05) is 18.8 Å². The maximum absolute atomic E-state index is 12.8. The molecule has 0 aliphatic carbocycles. The molecule has 0 saturated carbocycles. The van der Waals surface area contributed by atoms with E-state index in [1.807, 2.05) is 30.3 Å². The molecule has 0 radical (unpaired) electrons. The van der Waals surface area contributed by atoms with Crippen molar-refractivity contribution in [3.63, 3.8) is 0 Å². The van der Waals surface area contributed by atoms with Crippen molar-refractivity contribution < 1.29 is 22.2 Å². The number of H-pyrrole nitrogens is 1. The SMILES string of the molecule is CC1(c2noc(-c3ccccc3)n2)CCN(C(=O)CCS(=O)(=O)c2ccc3[nH]c(=O)oc3c2)CC1. The van der Waals surface area contributed by atoms with E-state index in [-0.39, 0.29) is 34.0 Å². The minimum atomic E-state index is -3.72. The number of likely N-dealkylation sites (tertiary alicyclic amines) is 1. The highest BCUT2D eigenvalue weighted by Gasteiger charge is 2.37. The number of hydrogen-bond donors (Lipinski definition) is 1. The van der Waals surface area contributed by atoms with Gasteiger partial charge in [-0.2, -0.15) is 4.98 Å². The lowest BCUT2D eigenvalue weighted by Crippen LogP contribution is -2.44. The molecule has 3 heterocycles. The number of aromatic nitrogens is 3. The molecule has 1 aliphatic rings. The molecule has 35 heavy (non-hydrogen) atoms. The number of carbonyl (C=O) groups is 1. The zero-order valence-corrected chi connectivity index (χ0v) is 19.9. The summed E-state index contributed by atoms with van der Waals surface area (Å²) >= 11 is 0. The van der Waals surface area contributed by atoms with Gasteiger partial charge >= 0.3 is 5.76 Å². The summed E-state index contributed by atoms with van der Waals surface area (Å²) in [6, 6.07) is 13.7. The van der Waals surface area contributed by atoms with Crippen LogP contribution in [-0.2, 0) is 20.0 Å². The standard InChI is InChI=1S/C24H24N4O6S/c1-24(22-26-21(34-27-22)16-5-3-2-4-6-16)10-12-28(13-11-24)20(29)9-14-35(31,32)17-7-8-18-19(15-17)33-23(30)25-18/h2-8,15H,9-14H2,1H3,(H,25,30). The van der Waals surface area contributed by atoms with E-state index < -0.39 is 15.6 Å². The molecule has 11 heteroatoms. The number of sulfone groups is 1. The number of nitrogens with one attached hydrogen (secondary N) is 1. The molecular formula is C24H24N4O6S. The molecule has 0 spiro atoms. The molecule has 182 valence electrons. The third-order valence-corrected chi connectivity index (χ3v) is 8.26. The summed E-state index contributed by atoms with van der Waals surface area (Å²) in [5.41, 5.74) is 1.09. The Morgan fingerprint density at radius 1 is 1.14 bits per heavy atom. The van der Waals surface area contributed by atoms with Gasteiger partial charge in [-0.25, -0.2) is 13.2 Å². The van der Waals surface area contributed by atoms with Crippen molar-refractivity contribution in [1.82, 2.24) is 20.0 Å². The van der Waals surface area contributed by atoms with Crippen LogP contribution < -0.4 is 5.76 Å². The largest absolute Gasteiger partial charge is 0.417 e. The lowest BCUT2D eigenvalue weighted by atomic mass is 9.79. The number of benzene rings is 2. The van der Waals surface area contributed by atoms with E-state index in [2.05, 4.69) is 22.0 Å². The van der Waals surface area contributed by atoms with Gasteiger partial charge in [-0.1, -0.05) is 30.3 Å². The van der Waals surface area contributed by atoms with E-state index in [1.54, 1.807) is 4.90 Å². The molecule has 0 unspecified atom stereocenters. The van der Waals surface area contributed by atoms with Crippen LogP contribution in [0.15, 0.2) is 67.2 Å². The minimum absolute atomic E-state index is 0.0121. The molecule has 1 fully saturated rings. The summed E-state index contributed by atoms with van der Waals surface area (Å²) in [4.78, 5) is 32.8. The number of hydrogen-bond acceptors (Lipinski definition) is 8. The topological polar surface area (TPSA) is 139 Å². The fourth-order valence-electron chi connectivity index (χ4n) is 4.26. The summed E-state index contributed by atoms with van der Waals surface area (Å²) in [5.74, 6) is -0.132. The summed E-state index contributed by atoms with van der Waals surface area (Å²) < 4.78 is 35.9. The van der Waals surface area contributed by atoms with Gasteiger partial charge < -0.3 is 13.8 Å². The zero-order chi connectivity index (χ0) is 24.6. The maximum atomic E-state index is 12.8. The van der Waals surface area contributed by atoms with E-state index in [1.165, 1.54) is 18.2 Å². The monoisotopic (exact) mass is 496 g/mol. The highest BCUT2D eigenvalue weighted by Crippen LogP contribution is 2.34. The number of amides is 1. The Bertz CT molecular complexity index is 1530. The highest BCUT2D eigenvalue weighted by atomic mass is 32.2. The Morgan fingerprint density at radius 3 is 2.63 bits per heavy atom. The maximum Gasteiger partial charge on any atom is 0.417 e. The molecule has 5 rings (SSSR count). The van der Waals surface area contributed by atoms with Gasteiger partial charge in [-0.15, -0.1) is 0 Å². The first kappa shape index (κ1) is 23.0. The van der Waals surface area contributed by atoms with Crippen molar-refractivity contribution in [2.45, 2.75) is 36.5 Å². The predicted octanol–water partition coefficient (Wildman–Crippen LogP) is 2.92. The van der Waals surface area contributed by atoms with Gasteiger partial charge in [0.2, 0.25) is 5.91 Å². The van der Waals surface area contributed by atoms with Crippen LogP contribution in [0.3, 0.4) is 0 Å². The first-order valence-corrected chi connectivity index (χ1v) is 12.9. The van der Waals surface area contributed by atoms with Gasteiger partial charge in [0.25, 0.3) is 5.89 Å². The number of oxazole rings is 1. The van der Waals surface area contributed by atoms with Crippen molar-refractivity contribution in [3.05, 3.63) is 64.9 Å². The third kappa shape index (κ3) is 4.63. The lowest BCUT2D eigenvalue weighted by Gasteiger charge is -2.37. The molecule has 4 aromatic rings. The van der Waals surface area contributed by atoms with E-state index >= 15 is 0 Å². The fourth-order valence-corrected chi connectivity index (χ4v) is 5.50. The molecule has 1 saturated heterocycles. The second-order valence-electron chi connectivity index (χ2n) is 8.97. The summed E-state index contributed by atoms with van der Waals surface area (Å²) in [6.45, 7) is 3.00. The van der Waals surface area contributed by atoms with Crippen molar-refractivity contribution in [3.8, 4) is 11.5 Å². The molecule has 2 aromatic heterocycles. The molecule has 1 aliphatic heterocycles. The van der Waals surface area contributed by atoms with Crippen molar-refractivity contribution >= 4 is 26.8 Å². The quantitative estimate of drug-likeness (QED) is 0.430. The van der Waals surface area contributed by atoms with E-state index in [4.69, 9.17) is 8.94 Å². The number of piperidine rings is 1. The van der Waals surface area contributed by atoms with Crippen LogP contribution in [0.2, 0.25) is 0 Å². The van der Waals surface area contributed by atoms with E-state index in [0.717, 1.165) is 5.56 Å². The van der Waals surface area contributed by atoms with Crippen molar-refractivity contribution in [2.24, 2.45) is 0 Å². The van der Waals surface area contributed by atoms with Crippen LogP contribution in [-0.4, -0.2) is 53.2 Å². The van der Waals surface area contributed by atoms with Crippen molar-refractivity contribution in [1.29, 1.82) is 0 Å². The zero-order valence-electron chi connectivity index (χ0n) is 19.1. The normalized spacial score (nSPS) is 16.0. The Labute approximate surface area is 200 Å². The first-order chi connectivity index (χ1) is 16.7. The van der Waals surface area contributed by atoms with E-state index in [9.17, 15) is 18.0 Å². The predicted molar refractivity (Wildman–Crippen MR) is 126 cm³/mol. The van der Waals surface area contributed by atoms with Gasteiger partial charge in [0, 0.05) is 36.6 Å². The number of aromatic amines is 1. The Hall–Kier alpha value is -3.73. The van der Waals surface area contributed by atoms with Gasteiger partial charge in [-0.3, -0.25) is 9.78 Å². The Kier molecular flexibility index (Phi) is 5.79. The second-order valence-corrected chi connectivity index (χ2v) is 11.1. The highest BCUT2D eigenvalue weighted by molar-refractivity contribution is 7.91. The van der Waals surface area contributed by atoms with Crippen LogP contribution in [0.4, 0.5) is 0 Å². The number of carbonyl (C=O) groups excluding carboxylic acids is 1. The van der Waals surface area contributed by atoms with Crippen LogP contribution in [0.5, 0.6) is 0 Å². The van der Waals surface area contributed by atoms with Crippen LogP contribution in [0.1, 0.15) is 32.0 Å². The Balaban J connectivity index is 1.20. The Morgan fingerprint density at radius 2 is 1.89 bits per heavy atom. The number of nitrogens with zero attached hydrogens (tertiary/aromatic N) is 3. The molecule has 10 nitrogen and oxygen atoms in total. The second kappa shape index (κ2) is 8.81. The molecule has 0 atom stereocenters. The molecular weight excluding hydrogens is 472 g/mol. The average Bonchev–Trinajstić information content (AvgIpc) is 3.50.